The molecule has 1 aliphatic heterocycles. The van der Waals surface area contributed by atoms with E-state index >= 15 is 0 Å². The van der Waals surface area contributed by atoms with Crippen molar-refractivity contribution in [1.29, 1.82) is 0 Å². The summed E-state index contributed by atoms with van der Waals surface area (Å²) in [6.45, 7) is 3.74. The highest BCUT2D eigenvalue weighted by atomic mass is 35.5. The zero-order valence-corrected chi connectivity index (χ0v) is 13.4. The van der Waals surface area contributed by atoms with Crippen molar-refractivity contribution in [2.75, 3.05) is 11.9 Å². The third kappa shape index (κ3) is 3.95. The summed E-state index contributed by atoms with van der Waals surface area (Å²) in [7, 11) is 1.78. The highest BCUT2D eigenvalue weighted by Gasteiger charge is 2.24. The Morgan fingerprint density at radius 2 is 2.10 bits per heavy atom. The van der Waals surface area contributed by atoms with Crippen molar-refractivity contribution in [1.82, 2.24) is 5.32 Å². The van der Waals surface area contributed by atoms with E-state index in [0.717, 1.165) is 16.8 Å². The van der Waals surface area contributed by atoms with Crippen LogP contribution in [-0.4, -0.2) is 24.9 Å². The van der Waals surface area contributed by atoms with Crippen LogP contribution in [0.3, 0.4) is 0 Å². The summed E-state index contributed by atoms with van der Waals surface area (Å²) in [4.78, 5) is 25.0. The van der Waals surface area contributed by atoms with Crippen LogP contribution in [0, 0.1) is 0 Å². The zero-order valence-electron chi connectivity index (χ0n) is 12.6. The first-order valence-electron chi connectivity index (χ1n) is 6.83. The van der Waals surface area contributed by atoms with Crippen LogP contribution in [0.4, 0.5) is 5.69 Å². The highest BCUT2D eigenvalue weighted by molar-refractivity contribution is 6.00. The molecular weight excluding hydrogens is 290 g/mol. The maximum absolute atomic E-state index is 11.7. The monoisotopic (exact) mass is 311 g/mol. The van der Waals surface area contributed by atoms with Gasteiger partial charge in [-0.15, -0.1) is 12.4 Å². The summed E-state index contributed by atoms with van der Waals surface area (Å²) in [6.07, 6.45) is 0.747. The molecule has 116 valence electrons. The first-order valence-corrected chi connectivity index (χ1v) is 6.83. The van der Waals surface area contributed by atoms with Crippen LogP contribution in [0.2, 0.25) is 0 Å². The first-order chi connectivity index (χ1) is 9.38. The van der Waals surface area contributed by atoms with Gasteiger partial charge in [0.2, 0.25) is 11.8 Å². The van der Waals surface area contributed by atoms with Crippen LogP contribution >= 0.6 is 12.4 Å². The summed E-state index contributed by atoms with van der Waals surface area (Å²) in [6, 6.07) is 5.64. The summed E-state index contributed by atoms with van der Waals surface area (Å²) >= 11 is 0. The maximum Gasteiger partial charge on any atom is 0.231 e. The number of halogens is 1. The molecule has 21 heavy (non-hydrogen) atoms. The molecule has 0 fully saturated rings. The van der Waals surface area contributed by atoms with Gasteiger partial charge in [0, 0.05) is 25.2 Å². The summed E-state index contributed by atoms with van der Waals surface area (Å²) in [5.74, 6) is 0.0481. The quantitative estimate of drug-likeness (QED) is 0.885. The van der Waals surface area contributed by atoms with Gasteiger partial charge in [-0.2, -0.15) is 0 Å². The number of hydrogen-bond acceptors (Lipinski definition) is 3. The third-order valence-corrected chi connectivity index (χ3v) is 3.57. The van der Waals surface area contributed by atoms with Crippen LogP contribution in [-0.2, 0) is 16.0 Å². The van der Waals surface area contributed by atoms with Crippen molar-refractivity contribution in [3.63, 3.8) is 0 Å². The Kier molecular flexibility index (Phi) is 5.75. The average Bonchev–Trinajstić information content (AvgIpc) is 2.63. The van der Waals surface area contributed by atoms with E-state index in [2.05, 4.69) is 5.32 Å². The molecule has 0 saturated carbocycles. The van der Waals surface area contributed by atoms with Gasteiger partial charge in [0.25, 0.3) is 0 Å². The molecule has 1 aliphatic rings. The minimum Gasteiger partial charge on any atom is -0.350 e. The van der Waals surface area contributed by atoms with E-state index in [0.29, 0.717) is 12.8 Å². The number of carbonyl (C=O) groups excluding carboxylic acids is 2. The second-order valence-electron chi connectivity index (χ2n) is 5.49. The molecule has 1 aromatic carbocycles. The number of rotatable bonds is 4. The van der Waals surface area contributed by atoms with Gasteiger partial charge in [-0.05, 0) is 31.0 Å². The molecule has 2 atom stereocenters. The van der Waals surface area contributed by atoms with Gasteiger partial charge in [-0.25, -0.2) is 0 Å². The number of benzene rings is 1. The van der Waals surface area contributed by atoms with Crippen LogP contribution < -0.4 is 16.0 Å². The first kappa shape index (κ1) is 17.5. The Hall–Kier alpha value is -1.59. The lowest BCUT2D eigenvalue weighted by Crippen LogP contribution is -2.31. The van der Waals surface area contributed by atoms with Crippen LogP contribution in [0.25, 0.3) is 0 Å². The Morgan fingerprint density at radius 3 is 2.71 bits per heavy atom. The van der Waals surface area contributed by atoms with Gasteiger partial charge < -0.3 is 16.0 Å². The second-order valence-corrected chi connectivity index (χ2v) is 5.49. The fourth-order valence-corrected chi connectivity index (χ4v) is 2.44. The summed E-state index contributed by atoms with van der Waals surface area (Å²) in [5.41, 5.74) is 8.58. The van der Waals surface area contributed by atoms with Gasteiger partial charge in [0.1, 0.15) is 0 Å². The number of nitrogens with one attached hydrogen (secondary N) is 1. The van der Waals surface area contributed by atoms with Crippen LogP contribution in [0.15, 0.2) is 18.2 Å². The lowest BCUT2D eigenvalue weighted by atomic mass is 10.0. The smallest absolute Gasteiger partial charge is 0.231 e. The third-order valence-electron chi connectivity index (χ3n) is 3.57. The van der Waals surface area contributed by atoms with Crippen LogP contribution in [0.1, 0.15) is 37.4 Å². The zero-order chi connectivity index (χ0) is 14.9. The molecular formula is C15H22ClN3O2. The molecule has 6 heteroatoms. The van der Waals surface area contributed by atoms with Gasteiger partial charge in [0.15, 0.2) is 0 Å². The number of anilines is 1. The molecule has 2 rings (SSSR count). The minimum absolute atomic E-state index is 0. The van der Waals surface area contributed by atoms with Gasteiger partial charge in [0.05, 0.1) is 12.5 Å². The van der Waals surface area contributed by atoms with E-state index in [-0.39, 0.29) is 36.3 Å². The Balaban J connectivity index is 0.00000220. The normalized spacial score (nSPS) is 16.0. The minimum atomic E-state index is -0.145. The van der Waals surface area contributed by atoms with Crippen molar-refractivity contribution in [3.8, 4) is 0 Å². The van der Waals surface area contributed by atoms with Crippen molar-refractivity contribution in [2.24, 2.45) is 5.73 Å². The van der Waals surface area contributed by atoms with E-state index in [9.17, 15) is 9.59 Å². The lowest BCUT2D eigenvalue weighted by molar-refractivity contribution is -0.122. The molecule has 0 aromatic heterocycles. The molecule has 5 nitrogen and oxygen atoms in total. The van der Waals surface area contributed by atoms with Gasteiger partial charge in [-0.3, -0.25) is 9.59 Å². The molecule has 1 heterocycles. The predicted molar refractivity (Wildman–Crippen MR) is 85.6 cm³/mol. The van der Waals surface area contributed by atoms with E-state index in [1.165, 1.54) is 0 Å². The van der Waals surface area contributed by atoms with E-state index in [4.69, 9.17) is 5.73 Å². The number of nitrogens with two attached hydrogens (primary N) is 1. The van der Waals surface area contributed by atoms with Crippen molar-refractivity contribution < 1.29 is 9.59 Å². The number of fused-ring (bicyclic) bond motifs is 1. The van der Waals surface area contributed by atoms with E-state index in [1.54, 1.807) is 18.9 Å². The van der Waals surface area contributed by atoms with Gasteiger partial charge in [-0.1, -0.05) is 12.1 Å². The Bertz CT molecular complexity index is 546. The SMILES string of the molecule is CC(N)CC(=O)NC(C)c1ccc2c(c1)CC(=O)N2C.Cl. The van der Waals surface area contributed by atoms with Crippen LogP contribution in [0.5, 0.6) is 0 Å². The van der Waals surface area contributed by atoms with Crippen molar-refractivity contribution in [3.05, 3.63) is 29.3 Å². The van der Waals surface area contributed by atoms with Crippen molar-refractivity contribution in [2.45, 2.75) is 38.8 Å². The molecule has 0 aliphatic carbocycles. The fourth-order valence-electron chi connectivity index (χ4n) is 2.44. The molecule has 1 aromatic rings. The predicted octanol–water partition coefficient (Wildman–Crippen LogP) is 1.54. The second kappa shape index (κ2) is 6.91. The number of hydrogen-bond donors (Lipinski definition) is 2. The van der Waals surface area contributed by atoms with E-state index in [1.807, 2.05) is 25.1 Å². The average molecular weight is 312 g/mol. The largest absolute Gasteiger partial charge is 0.350 e. The molecule has 3 N–H and O–H groups in total. The van der Waals surface area contributed by atoms with Gasteiger partial charge >= 0.3 is 0 Å². The van der Waals surface area contributed by atoms with Crippen molar-refractivity contribution >= 4 is 29.9 Å². The molecule has 0 radical (unpaired) electrons. The van der Waals surface area contributed by atoms with E-state index < -0.39 is 0 Å². The summed E-state index contributed by atoms with van der Waals surface area (Å²) in [5, 5.41) is 2.92. The standard InChI is InChI=1S/C15H21N3O2.ClH/c1-9(16)6-14(19)17-10(2)11-4-5-13-12(7-11)8-15(20)18(13)3;/h4-5,7,9-10H,6,8,16H2,1-3H3,(H,17,19);1H. The highest BCUT2D eigenvalue weighted by Crippen LogP contribution is 2.30. The molecule has 2 unspecified atom stereocenters. The topological polar surface area (TPSA) is 75.4 Å². The molecule has 0 bridgehead atoms. The fraction of sp³-hybridized carbons (Fsp3) is 0.467. The Morgan fingerprint density at radius 1 is 1.43 bits per heavy atom. The molecule has 0 spiro atoms. The lowest BCUT2D eigenvalue weighted by Gasteiger charge is -2.17. The maximum atomic E-state index is 11.7. The number of likely N-dealkylation sites (N-methyl/N-ethyl adjacent to an activating group) is 1. The molecule has 0 saturated heterocycles. The summed E-state index contributed by atoms with van der Waals surface area (Å²) < 4.78 is 0. The Labute approximate surface area is 131 Å². The number of carbonyl (C=O) groups is 2. The number of nitrogens with zero attached hydrogens (tertiary/aromatic N) is 1. The molecule has 2 amide bonds. The number of amides is 2.